The van der Waals surface area contributed by atoms with Gasteiger partial charge in [-0.3, -0.25) is 4.79 Å². The van der Waals surface area contributed by atoms with E-state index in [1.54, 1.807) is 37.5 Å². The first kappa shape index (κ1) is 20.8. The van der Waals surface area contributed by atoms with Crippen molar-refractivity contribution in [2.75, 3.05) is 12.4 Å². The molecule has 2 aromatic carbocycles. The summed E-state index contributed by atoms with van der Waals surface area (Å²) in [5.74, 6) is 1.54. The standard InChI is InChI=1S/C27H28N2O3/c1-32-24-8-2-18(3-9-24)11-21(16-28)25(30)29-23-6-4-22(5-7-23)26-12-19-10-20(13-26)15-27(31,14-19)17-26/h2-9,11,19-20,31H,10,12-15,17H2,1H3,(H,29,30)/b21-11+/t19-,20-,26?,27?/m0/s1. The minimum absolute atomic E-state index is 0.0440. The van der Waals surface area contributed by atoms with Crippen molar-refractivity contribution in [1.29, 1.82) is 5.26 Å². The number of hydrogen-bond acceptors (Lipinski definition) is 4. The van der Waals surface area contributed by atoms with Crippen LogP contribution in [0.3, 0.4) is 0 Å². The number of nitrogens with one attached hydrogen (secondary N) is 1. The Bertz CT molecular complexity index is 1080. The van der Waals surface area contributed by atoms with E-state index in [0.29, 0.717) is 17.5 Å². The maximum atomic E-state index is 12.7. The van der Waals surface area contributed by atoms with Crippen molar-refractivity contribution in [2.45, 2.75) is 49.5 Å². The van der Waals surface area contributed by atoms with Crippen LogP contribution in [-0.4, -0.2) is 23.7 Å². The van der Waals surface area contributed by atoms with Crippen LogP contribution in [0.4, 0.5) is 5.69 Å². The topological polar surface area (TPSA) is 82.3 Å². The first-order valence-electron chi connectivity index (χ1n) is 11.3. The highest BCUT2D eigenvalue weighted by Gasteiger charge is 2.57. The molecule has 6 rings (SSSR count). The van der Waals surface area contributed by atoms with E-state index in [2.05, 4.69) is 17.4 Å². The van der Waals surface area contributed by atoms with E-state index in [4.69, 9.17) is 4.74 Å². The van der Waals surface area contributed by atoms with Gasteiger partial charge in [-0.2, -0.15) is 5.26 Å². The Hall–Kier alpha value is -3.10. The molecule has 0 heterocycles. The number of carbonyl (C=O) groups excluding carboxylic acids is 1. The van der Waals surface area contributed by atoms with Crippen molar-refractivity contribution in [1.82, 2.24) is 0 Å². The molecule has 4 aliphatic carbocycles. The van der Waals surface area contributed by atoms with Crippen molar-refractivity contribution >= 4 is 17.7 Å². The Labute approximate surface area is 188 Å². The van der Waals surface area contributed by atoms with Gasteiger partial charge in [-0.05, 0) is 97.2 Å². The van der Waals surface area contributed by atoms with Gasteiger partial charge >= 0.3 is 0 Å². The lowest BCUT2D eigenvalue weighted by Crippen LogP contribution is -2.57. The van der Waals surface area contributed by atoms with Gasteiger partial charge in [0.05, 0.1) is 12.7 Å². The third-order valence-electron chi connectivity index (χ3n) is 7.58. The number of carbonyl (C=O) groups is 1. The lowest BCUT2D eigenvalue weighted by atomic mass is 9.46. The summed E-state index contributed by atoms with van der Waals surface area (Å²) in [5, 5.41) is 23.4. The molecule has 2 N–H and O–H groups in total. The third kappa shape index (κ3) is 3.80. The summed E-state index contributed by atoms with van der Waals surface area (Å²) < 4.78 is 5.14. The second-order valence-electron chi connectivity index (χ2n) is 9.94. The van der Waals surface area contributed by atoms with Crippen molar-refractivity contribution < 1.29 is 14.6 Å². The molecule has 0 aromatic heterocycles. The quantitative estimate of drug-likeness (QED) is 0.528. The number of anilines is 1. The molecule has 5 heteroatoms. The number of nitrogens with zero attached hydrogens (tertiary/aromatic N) is 1. The Morgan fingerprint density at radius 1 is 1.09 bits per heavy atom. The van der Waals surface area contributed by atoms with E-state index in [1.165, 1.54) is 12.0 Å². The van der Waals surface area contributed by atoms with E-state index >= 15 is 0 Å². The zero-order valence-corrected chi connectivity index (χ0v) is 18.3. The van der Waals surface area contributed by atoms with E-state index in [9.17, 15) is 15.2 Å². The molecule has 5 nitrogen and oxygen atoms in total. The fourth-order valence-corrected chi connectivity index (χ4v) is 6.67. The first-order chi connectivity index (χ1) is 15.4. The fraction of sp³-hybridized carbons (Fsp3) is 0.407. The summed E-state index contributed by atoms with van der Waals surface area (Å²) in [6.07, 6.45) is 7.89. The summed E-state index contributed by atoms with van der Waals surface area (Å²) in [6.45, 7) is 0. The van der Waals surface area contributed by atoms with E-state index in [1.807, 2.05) is 18.2 Å². The molecule has 4 aliphatic rings. The lowest BCUT2D eigenvalue weighted by Gasteiger charge is -2.60. The summed E-state index contributed by atoms with van der Waals surface area (Å²) in [5.41, 5.74) is 2.30. The molecule has 4 bridgehead atoms. The van der Waals surface area contributed by atoms with Crippen molar-refractivity contribution in [2.24, 2.45) is 11.8 Å². The molecule has 4 saturated carbocycles. The predicted molar refractivity (Wildman–Crippen MR) is 123 cm³/mol. The molecule has 32 heavy (non-hydrogen) atoms. The first-order valence-corrected chi connectivity index (χ1v) is 11.3. The molecule has 2 aromatic rings. The molecule has 0 saturated heterocycles. The van der Waals surface area contributed by atoms with E-state index < -0.39 is 11.5 Å². The smallest absolute Gasteiger partial charge is 0.266 e. The monoisotopic (exact) mass is 428 g/mol. The van der Waals surface area contributed by atoms with Crippen LogP contribution in [-0.2, 0) is 10.2 Å². The van der Waals surface area contributed by atoms with Gasteiger partial charge in [-0.15, -0.1) is 0 Å². The lowest BCUT2D eigenvalue weighted by molar-refractivity contribution is -0.137. The molecule has 4 fully saturated rings. The second-order valence-corrected chi connectivity index (χ2v) is 9.94. The molecule has 164 valence electrons. The Morgan fingerprint density at radius 2 is 1.75 bits per heavy atom. The minimum atomic E-state index is -0.495. The van der Waals surface area contributed by atoms with Crippen LogP contribution in [0.1, 0.15) is 49.7 Å². The van der Waals surface area contributed by atoms with E-state index in [0.717, 1.165) is 43.4 Å². The highest BCUT2D eigenvalue weighted by atomic mass is 16.5. The molecule has 0 unspecified atom stereocenters. The Morgan fingerprint density at radius 3 is 2.31 bits per heavy atom. The number of rotatable bonds is 5. The average molecular weight is 429 g/mol. The largest absolute Gasteiger partial charge is 0.497 e. The van der Waals surface area contributed by atoms with Crippen molar-refractivity contribution in [3.8, 4) is 11.8 Å². The highest BCUT2D eigenvalue weighted by Crippen LogP contribution is 2.62. The predicted octanol–water partition coefficient (Wildman–Crippen LogP) is 4.82. The normalized spacial score (nSPS) is 30.6. The maximum absolute atomic E-state index is 12.7. The number of benzene rings is 2. The zero-order valence-electron chi connectivity index (χ0n) is 18.3. The number of ether oxygens (including phenoxy) is 1. The summed E-state index contributed by atoms with van der Waals surface area (Å²) in [4.78, 5) is 12.7. The van der Waals surface area contributed by atoms with E-state index in [-0.39, 0.29) is 11.0 Å². The fourth-order valence-electron chi connectivity index (χ4n) is 6.67. The highest BCUT2D eigenvalue weighted by molar-refractivity contribution is 6.09. The molecule has 0 radical (unpaired) electrons. The van der Waals surface area contributed by atoms with Gasteiger partial charge < -0.3 is 15.2 Å². The number of methoxy groups -OCH3 is 1. The second kappa shape index (κ2) is 7.79. The van der Waals surface area contributed by atoms with Crippen molar-refractivity contribution in [3.05, 3.63) is 65.2 Å². The van der Waals surface area contributed by atoms with Gasteiger partial charge in [-0.25, -0.2) is 0 Å². The summed E-state index contributed by atoms with van der Waals surface area (Å²) in [7, 11) is 1.59. The van der Waals surface area contributed by atoms with Gasteiger partial charge in [0.1, 0.15) is 17.4 Å². The summed E-state index contributed by atoms with van der Waals surface area (Å²) in [6, 6.07) is 17.2. The zero-order chi connectivity index (χ0) is 22.3. The number of hydrogen-bond donors (Lipinski definition) is 2. The van der Waals surface area contributed by atoms with Crippen molar-refractivity contribution in [3.63, 3.8) is 0 Å². The van der Waals surface area contributed by atoms with Crippen LogP contribution < -0.4 is 10.1 Å². The Kier molecular flexibility index (Phi) is 5.06. The average Bonchev–Trinajstić information content (AvgIpc) is 2.76. The maximum Gasteiger partial charge on any atom is 0.266 e. The number of amides is 1. The molecular weight excluding hydrogens is 400 g/mol. The third-order valence-corrected chi connectivity index (χ3v) is 7.58. The van der Waals surface area contributed by atoms with Crippen LogP contribution in [0.2, 0.25) is 0 Å². The van der Waals surface area contributed by atoms with Gasteiger partial charge in [0, 0.05) is 5.69 Å². The molecule has 0 spiro atoms. The minimum Gasteiger partial charge on any atom is -0.497 e. The molecule has 0 aliphatic heterocycles. The number of aliphatic hydroxyl groups is 1. The SMILES string of the molecule is COc1ccc(/C=C(\C#N)C(=O)Nc2ccc(C34C[C@@H]5C[C@H](CC(O)(C5)C3)C4)cc2)cc1. The molecule has 2 atom stereocenters. The van der Waals surface area contributed by atoms with Crippen LogP contribution in [0.15, 0.2) is 54.1 Å². The molecule has 1 amide bonds. The van der Waals surface area contributed by atoms with Crippen LogP contribution in [0, 0.1) is 23.2 Å². The summed E-state index contributed by atoms with van der Waals surface area (Å²) >= 11 is 0. The van der Waals surface area contributed by atoms with Gasteiger partial charge in [0.2, 0.25) is 0 Å². The van der Waals surface area contributed by atoms with Gasteiger partial charge in [-0.1, -0.05) is 24.3 Å². The Balaban J connectivity index is 1.31. The van der Waals surface area contributed by atoms with Crippen LogP contribution in [0.5, 0.6) is 5.75 Å². The van der Waals surface area contributed by atoms with Crippen LogP contribution >= 0.6 is 0 Å². The number of nitriles is 1. The van der Waals surface area contributed by atoms with Crippen LogP contribution in [0.25, 0.3) is 6.08 Å². The van der Waals surface area contributed by atoms with Gasteiger partial charge in [0.15, 0.2) is 0 Å². The molecular formula is C27H28N2O3. The van der Waals surface area contributed by atoms with Gasteiger partial charge in [0.25, 0.3) is 5.91 Å².